The van der Waals surface area contributed by atoms with Gasteiger partial charge in [-0.05, 0) is 25.0 Å². The van der Waals surface area contributed by atoms with E-state index < -0.39 is 0 Å². The number of anilines is 1. The molecule has 0 bridgehead atoms. The number of carbonyl (C=O) groups excluding carboxylic acids is 2. The third-order valence-corrected chi connectivity index (χ3v) is 2.53. The van der Waals surface area contributed by atoms with Crippen LogP contribution in [0, 0.1) is 6.92 Å². The molecule has 1 aromatic rings. The van der Waals surface area contributed by atoms with Crippen molar-refractivity contribution in [1.29, 1.82) is 0 Å². The van der Waals surface area contributed by atoms with E-state index >= 15 is 0 Å². The fourth-order valence-corrected chi connectivity index (χ4v) is 1.47. The van der Waals surface area contributed by atoms with Crippen molar-refractivity contribution >= 4 is 17.9 Å². The highest BCUT2D eigenvalue weighted by molar-refractivity contribution is 5.93. The molecule has 0 saturated heterocycles. The number of amides is 1. The highest BCUT2D eigenvalue weighted by Gasteiger charge is 2.06. The second-order valence-electron chi connectivity index (χ2n) is 3.79. The van der Waals surface area contributed by atoms with E-state index in [4.69, 9.17) is 0 Å². The normalized spacial score (nSPS) is 9.88. The molecule has 0 spiro atoms. The molecule has 1 aromatic carbocycles. The van der Waals surface area contributed by atoms with Gasteiger partial charge in [0, 0.05) is 17.7 Å². The number of nitrogens with one attached hydrogen (secondary N) is 1. The van der Waals surface area contributed by atoms with E-state index in [0.717, 1.165) is 30.4 Å². The van der Waals surface area contributed by atoms with E-state index in [9.17, 15) is 9.59 Å². The van der Waals surface area contributed by atoms with Gasteiger partial charge in [-0.15, -0.1) is 0 Å². The topological polar surface area (TPSA) is 46.2 Å². The lowest BCUT2D eigenvalue weighted by atomic mass is 10.1. The fourth-order valence-electron chi connectivity index (χ4n) is 1.47. The summed E-state index contributed by atoms with van der Waals surface area (Å²) in [5, 5.41) is 2.82. The van der Waals surface area contributed by atoms with Crippen LogP contribution in [0.3, 0.4) is 0 Å². The zero-order chi connectivity index (χ0) is 12.0. The Hall–Kier alpha value is -1.64. The zero-order valence-electron chi connectivity index (χ0n) is 9.75. The van der Waals surface area contributed by atoms with Gasteiger partial charge in [0.25, 0.3) is 0 Å². The molecule has 3 heteroatoms. The Morgan fingerprint density at radius 3 is 2.81 bits per heavy atom. The third kappa shape index (κ3) is 3.19. The molecule has 0 aliphatic heterocycles. The van der Waals surface area contributed by atoms with Crippen LogP contribution in [-0.4, -0.2) is 12.2 Å². The predicted octanol–water partition coefficient (Wildman–Crippen LogP) is 2.94. The van der Waals surface area contributed by atoms with Crippen molar-refractivity contribution in [3.8, 4) is 0 Å². The molecule has 0 heterocycles. The van der Waals surface area contributed by atoms with Crippen LogP contribution < -0.4 is 5.32 Å². The lowest BCUT2D eigenvalue weighted by Gasteiger charge is -2.09. The Morgan fingerprint density at radius 1 is 1.44 bits per heavy atom. The van der Waals surface area contributed by atoms with Crippen LogP contribution in [0.5, 0.6) is 0 Å². The molecule has 16 heavy (non-hydrogen) atoms. The second kappa shape index (κ2) is 6.05. The Balaban J connectivity index is 2.73. The van der Waals surface area contributed by atoms with Crippen LogP contribution >= 0.6 is 0 Å². The van der Waals surface area contributed by atoms with Crippen LogP contribution in [0.4, 0.5) is 5.69 Å². The van der Waals surface area contributed by atoms with Gasteiger partial charge < -0.3 is 5.32 Å². The Morgan fingerprint density at radius 2 is 2.19 bits per heavy atom. The maximum Gasteiger partial charge on any atom is 0.224 e. The Bertz CT molecular complexity index is 386. The number of unbranched alkanes of at least 4 members (excludes halogenated alkanes) is 1. The standard InChI is InChI=1S/C13H17NO2/c1-3-4-8-13(16)14-12-7-5-6-11(9-15)10(12)2/h5-7,9H,3-4,8H2,1-2H3,(H,14,16). The van der Waals surface area contributed by atoms with Crippen LogP contribution in [0.25, 0.3) is 0 Å². The molecule has 0 aliphatic rings. The maximum atomic E-state index is 11.5. The number of hydrogen-bond acceptors (Lipinski definition) is 2. The van der Waals surface area contributed by atoms with Gasteiger partial charge >= 0.3 is 0 Å². The lowest BCUT2D eigenvalue weighted by molar-refractivity contribution is -0.116. The molecule has 0 aromatic heterocycles. The summed E-state index contributed by atoms with van der Waals surface area (Å²) in [6.45, 7) is 3.88. The predicted molar refractivity (Wildman–Crippen MR) is 64.7 cm³/mol. The van der Waals surface area contributed by atoms with Gasteiger partial charge in [-0.25, -0.2) is 0 Å². The Labute approximate surface area is 95.9 Å². The van der Waals surface area contributed by atoms with Crippen LogP contribution in [0.15, 0.2) is 18.2 Å². The molecule has 1 amide bonds. The average molecular weight is 219 g/mol. The molecule has 0 aliphatic carbocycles. The summed E-state index contributed by atoms with van der Waals surface area (Å²) in [5.41, 5.74) is 2.17. The molecule has 0 unspecified atom stereocenters. The van der Waals surface area contributed by atoms with Crippen LogP contribution in [0.1, 0.15) is 42.1 Å². The molecule has 0 saturated carbocycles. The lowest BCUT2D eigenvalue weighted by Crippen LogP contribution is -2.12. The first-order chi connectivity index (χ1) is 7.69. The summed E-state index contributed by atoms with van der Waals surface area (Å²) in [6, 6.07) is 5.32. The first kappa shape index (κ1) is 12.4. The molecule has 0 radical (unpaired) electrons. The summed E-state index contributed by atoms with van der Waals surface area (Å²) >= 11 is 0. The van der Waals surface area contributed by atoms with Gasteiger partial charge in [-0.3, -0.25) is 9.59 Å². The van der Waals surface area contributed by atoms with Crippen molar-refractivity contribution in [2.24, 2.45) is 0 Å². The smallest absolute Gasteiger partial charge is 0.224 e. The number of rotatable bonds is 5. The van der Waals surface area contributed by atoms with Gasteiger partial charge in [0.05, 0.1) is 0 Å². The quantitative estimate of drug-likeness (QED) is 0.774. The highest BCUT2D eigenvalue weighted by atomic mass is 16.1. The molecule has 0 fully saturated rings. The molecule has 1 N–H and O–H groups in total. The minimum absolute atomic E-state index is 0.00741. The van der Waals surface area contributed by atoms with Crippen LogP contribution in [0.2, 0.25) is 0 Å². The molecule has 0 atom stereocenters. The summed E-state index contributed by atoms with van der Waals surface area (Å²) < 4.78 is 0. The van der Waals surface area contributed by atoms with E-state index in [1.54, 1.807) is 12.1 Å². The Kier molecular flexibility index (Phi) is 4.70. The van der Waals surface area contributed by atoms with E-state index in [-0.39, 0.29) is 5.91 Å². The maximum absolute atomic E-state index is 11.5. The van der Waals surface area contributed by atoms with Crippen molar-refractivity contribution < 1.29 is 9.59 Å². The average Bonchev–Trinajstić information content (AvgIpc) is 2.29. The van der Waals surface area contributed by atoms with Gasteiger partial charge in [0.2, 0.25) is 5.91 Å². The van der Waals surface area contributed by atoms with Gasteiger partial charge in [0.15, 0.2) is 0 Å². The summed E-state index contributed by atoms with van der Waals surface area (Å²) in [7, 11) is 0. The van der Waals surface area contributed by atoms with Crippen molar-refractivity contribution in [1.82, 2.24) is 0 Å². The van der Waals surface area contributed by atoms with Gasteiger partial charge in [0.1, 0.15) is 6.29 Å². The van der Waals surface area contributed by atoms with Gasteiger partial charge in [-0.2, -0.15) is 0 Å². The second-order valence-corrected chi connectivity index (χ2v) is 3.79. The highest BCUT2D eigenvalue weighted by Crippen LogP contribution is 2.17. The van der Waals surface area contributed by atoms with Crippen molar-refractivity contribution in [3.63, 3.8) is 0 Å². The van der Waals surface area contributed by atoms with Gasteiger partial charge in [-0.1, -0.05) is 25.5 Å². The number of carbonyl (C=O) groups is 2. The van der Waals surface area contributed by atoms with E-state index in [2.05, 4.69) is 5.32 Å². The van der Waals surface area contributed by atoms with E-state index in [1.807, 2.05) is 19.9 Å². The van der Waals surface area contributed by atoms with E-state index in [0.29, 0.717) is 12.0 Å². The first-order valence-corrected chi connectivity index (χ1v) is 5.53. The summed E-state index contributed by atoms with van der Waals surface area (Å²) in [6.07, 6.45) is 3.22. The zero-order valence-corrected chi connectivity index (χ0v) is 9.75. The fraction of sp³-hybridized carbons (Fsp3) is 0.385. The number of benzene rings is 1. The number of hydrogen-bond donors (Lipinski definition) is 1. The van der Waals surface area contributed by atoms with Crippen LogP contribution in [-0.2, 0) is 4.79 Å². The largest absolute Gasteiger partial charge is 0.326 e. The minimum Gasteiger partial charge on any atom is -0.326 e. The molecule has 3 nitrogen and oxygen atoms in total. The SMILES string of the molecule is CCCCC(=O)Nc1cccc(C=O)c1C. The molecular formula is C13H17NO2. The summed E-state index contributed by atoms with van der Waals surface area (Å²) in [5.74, 6) is 0.00741. The minimum atomic E-state index is 0.00741. The van der Waals surface area contributed by atoms with Crippen molar-refractivity contribution in [2.75, 3.05) is 5.32 Å². The van der Waals surface area contributed by atoms with Crippen molar-refractivity contribution in [2.45, 2.75) is 33.1 Å². The molecular weight excluding hydrogens is 202 g/mol. The van der Waals surface area contributed by atoms with Crippen molar-refractivity contribution in [3.05, 3.63) is 29.3 Å². The van der Waals surface area contributed by atoms with E-state index in [1.165, 1.54) is 0 Å². The molecule has 1 rings (SSSR count). The monoisotopic (exact) mass is 219 g/mol. The summed E-state index contributed by atoms with van der Waals surface area (Å²) in [4.78, 5) is 22.2. The number of aldehydes is 1. The molecule has 86 valence electrons. The first-order valence-electron chi connectivity index (χ1n) is 5.53. The third-order valence-electron chi connectivity index (χ3n) is 2.53.